The minimum absolute atomic E-state index is 0.307. The number of halogens is 4. The second-order valence-corrected chi connectivity index (χ2v) is 6.36. The van der Waals surface area contributed by atoms with Gasteiger partial charge in [-0.3, -0.25) is 0 Å². The molecule has 3 rings (SSSR count). The molecule has 0 aliphatic heterocycles. The molecular weight excluding hydrogens is 341 g/mol. The highest BCUT2D eigenvalue weighted by molar-refractivity contribution is 9.10. The standard InChI is InChI=1S/C12H14BrF3N2O2/c13-10-8(9(20-18-10)6-1-2-6)5-17-7-3-11(19,4-7)12(14,15)16/h6-7,17,19H,1-5H2. The van der Waals surface area contributed by atoms with Gasteiger partial charge in [0.2, 0.25) is 0 Å². The zero-order chi connectivity index (χ0) is 14.5. The van der Waals surface area contributed by atoms with Crippen molar-refractivity contribution in [2.24, 2.45) is 0 Å². The normalized spacial score (nSPS) is 30.4. The van der Waals surface area contributed by atoms with Gasteiger partial charge in [0.05, 0.1) is 0 Å². The third-order valence-electron chi connectivity index (χ3n) is 3.98. The van der Waals surface area contributed by atoms with E-state index in [1.165, 1.54) is 0 Å². The number of hydrogen-bond donors (Lipinski definition) is 2. The first-order chi connectivity index (χ1) is 9.30. The highest BCUT2D eigenvalue weighted by Gasteiger charge is 2.61. The predicted molar refractivity (Wildman–Crippen MR) is 67.0 cm³/mol. The van der Waals surface area contributed by atoms with Crippen LogP contribution in [0.15, 0.2) is 9.13 Å². The van der Waals surface area contributed by atoms with E-state index in [0.29, 0.717) is 17.1 Å². The summed E-state index contributed by atoms with van der Waals surface area (Å²) in [6.45, 7) is 0.397. The fourth-order valence-corrected chi connectivity index (χ4v) is 2.91. The largest absolute Gasteiger partial charge is 0.417 e. The lowest BCUT2D eigenvalue weighted by Crippen LogP contribution is -2.61. The molecular formula is C12H14BrF3N2O2. The molecule has 8 heteroatoms. The highest BCUT2D eigenvalue weighted by Crippen LogP contribution is 2.46. The summed E-state index contributed by atoms with van der Waals surface area (Å²) >= 11 is 3.28. The molecule has 0 bridgehead atoms. The number of aromatic nitrogens is 1. The molecule has 2 N–H and O–H groups in total. The van der Waals surface area contributed by atoms with Crippen molar-refractivity contribution in [1.82, 2.24) is 10.5 Å². The van der Waals surface area contributed by atoms with Crippen molar-refractivity contribution in [3.05, 3.63) is 15.9 Å². The van der Waals surface area contributed by atoms with Gasteiger partial charge in [0, 0.05) is 36.9 Å². The van der Waals surface area contributed by atoms with Crippen LogP contribution in [0.4, 0.5) is 13.2 Å². The topological polar surface area (TPSA) is 58.3 Å². The molecule has 1 heterocycles. The van der Waals surface area contributed by atoms with E-state index in [0.717, 1.165) is 24.2 Å². The Bertz CT molecular complexity index is 507. The number of nitrogens with zero attached hydrogens (tertiary/aromatic N) is 1. The van der Waals surface area contributed by atoms with Crippen LogP contribution in [0.25, 0.3) is 0 Å². The van der Waals surface area contributed by atoms with Crippen LogP contribution >= 0.6 is 15.9 Å². The maximum absolute atomic E-state index is 12.5. The molecule has 0 spiro atoms. The van der Waals surface area contributed by atoms with E-state index in [9.17, 15) is 18.3 Å². The Labute approximate surface area is 121 Å². The fraction of sp³-hybridized carbons (Fsp3) is 0.750. The molecule has 0 aromatic carbocycles. The van der Waals surface area contributed by atoms with Crippen molar-refractivity contribution < 1.29 is 22.8 Å². The smallest absolute Gasteiger partial charge is 0.380 e. The molecule has 0 atom stereocenters. The van der Waals surface area contributed by atoms with Crippen LogP contribution in [0, 0.1) is 0 Å². The van der Waals surface area contributed by atoms with Crippen LogP contribution in [-0.4, -0.2) is 28.1 Å². The Morgan fingerprint density at radius 1 is 1.40 bits per heavy atom. The molecule has 2 aliphatic carbocycles. The van der Waals surface area contributed by atoms with Gasteiger partial charge in [0.15, 0.2) is 10.2 Å². The van der Waals surface area contributed by atoms with Crippen molar-refractivity contribution in [2.45, 2.75) is 56.0 Å². The lowest BCUT2D eigenvalue weighted by atomic mass is 9.75. The molecule has 4 nitrogen and oxygen atoms in total. The number of rotatable bonds is 4. The van der Waals surface area contributed by atoms with Gasteiger partial charge in [-0.1, -0.05) is 5.16 Å². The molecule has 1 aromatic rings. The van der Waals surface area contributed by atoms with Crippen LogP contribution in [0.2, 0.25) is 0 Å². The van der Waals surface area contributed by atoms with Gasteiger partial charge in [-0.25, -0.2) is 0 Å². The van der Waals surface area contributed by atoms with Crippen molar-refractivity contribution in [3.8, 4) is 0 Å². The van der Waals surface area contributed by atoms with E-state index in [1.54, 1.807) is 0 Å². The summed E-state index contributed by atoms with van der Waals surface area (Å²) < 4.78 is 43.3. The first-order valence-electron chi connectivity index (χ1n) is 6.46. The molecule has 0 unspecified atom stereocenters. The molecule has 0 radical (unpaired) electrons. The molecule has 2 fully saturated rings. The van der Waals surface area contributed by atoms with E-state index in [2.05, 4.69) is 26.4 Å². The Hall–Kier alpha value is -0.600. The van der Waals surface area contributed by atoms with Gasteiger partial charge in [-0.2, -0.15) is 13.2 Å². The van der Waals surface area contributed by atoms with E-state index in [4.69, 9.17) is 4.52 Å². The zero-order valence-electron chi connectivity index (χ0n) is 10.5. The molecule has 112 valence electrons. The Kier molecular flexibility index (Phi) is 3.38. The Morgan fingerprint density at radius 3 is 2.60 bits per heavy atom. The predicted octanol–water partition coefficient (Wildman–Crippen LogP) is 2.86. The number of aliphatic hydroxyl groups is 1. The first-order valence-corrected chi connectivity index (χ1v) is 7.26. The van der Waals surface area contributed by atoms with Gasteiger partial charge in [-0.15, -0.1) is 0 Å². The van der Waals surface area contributed by atoms with Gasteiger partial charge in [0.25, 0.3) is 0 Å². The highest BCUT2D eigenvalue weighted by atomic mass is 79.9. The maximum atomic E-state index is 12.5. The summed E-state index contributed by atoms with van der Waals surface area (Å²) in [5, 5.41) is 16.2. The summed E-state index contributed by atoms with van der Waals surface area (Å²) in [5.41, 5.74) is -1.66. The van der Waals surface area contributed by atoms with Crippen molar-refractivity contribution in [1.29, 1.82) is 0 Å². The van der Waals surface area contributed by atoms with Gasteiger partial charge in [0.1, 0.15) is 5.76 Å². The van der Waals surface area contributed by atoms with E-state index < -0.39 is 11.8 Å². The molecule has 20 heavy (non-hydrogen) atoms. The summed E-state index contributed by atoms with van der Waals surface area (Å²) in [4.78, 5) is 0. The molecule has 1 aromatic heterocycles. The van der Waals surface area contributed by atoms with E-state index >= 15 is 0 Å². The maximum Gasteiger partial charge on any atom is 0.417 e. The SMILES string of the molecule is OC1(C(F)(F)F)CC(NCc2c(Br)noc2C2CC2)C1. The van der Waals surface area contributed by atoms with Gasteiger partial charge in [-0.05, 0) is 28.8 Å². The van der Waals surface area contributed by atoms with E-state index in [-0.39, 0.29) is 18.9 Å². The molecule has 0 amide bonds. The molecule has 2 saturated carbocycles. The summed E-state index contributed by atoms with van der Waals surface area (Å²) in [6.07, 6.45) is -3.05. The van der Waals surface area contributed by atoms with Gasteiger partial charge >= 0.3 is 6.18 Å². The van der Waals surface area contributed by atoms with E-state index in [1.807, 2.05) is 0 Å². The quantitative estimate of drug-likeness (QED) is 0.872. The van der Waals surface area contributed by atoms with Crippen molar-refractivity contribution in [2.75, 3.05) is 0 Å². The van der Waals surface area contributed by atoms with Crippen LogP contribution in [-0.2, 0) is 6.54 Å². The van der Waals surface area contributed by atoms with Crippen molar-refractivity contribution in [3.63, 3.8) is 0 Å². The van der Waals surface area contributed by atoms with Crippen molar-refractivity contribution >= 4 is 15.9 Å². The Morgan fingerprint density at radius 2 is 2.05 bits per heavy atom. The third kappa shape index (κ3) is 2.48. The van der Waals surface area contributed by atoms with Crippen LogP contribution in [0.5, 0.6) is 0 Å². The molecule has 2 aliphatic rings. The number of hydrogen-bond acceptors (Lipinski definition) is 4. The second kappa shape index (κ2) is 4.71. The monoisotopic (exact) mass is 354 g/mol. The van der Waals surface area contributed by atoms with Crippen LogP contribution in [0.3, 0.4) is 0 Å². The summed E-state index contributed by atoms with van der Waals surface area (Å²) in [7, 11) is 0. The molecule has 0 saturated heterocycles. The van der Waals surface area contributed by atoms with Crippen LogP contribution in [0.1, 0.15) is 42.9 Å². The minimum atomic E-state index is -4.55. The summed E-state index contributed by atoms with van der Waals surface area (Å²) in [5.74, 6) is 1.20. The zero-order valence-corrected chi connectivity index (χ0v) is 12.1. The Balaban J connectivity index is 1.56. The average molecular weight is 355 g/mol. The third-order valence-corrected chi connectivity index (χ3v) is 4.61. The minimum Gasteiger partial charge on any atom is -0.380 e. The number of alkyl halides is 3. The first kappa shape index (κ1) is 14.3. The number of nitrogens with one attached hydrogen (secondary N) is 1. The van der Waals surface area contributed by atoms with Gasteiger partial charge < -0.3 is 14.9 Å². The lowest BCUT2D eigenvalue weighted by Gasteiger charge is -2.44. The average Bonchev–Trinajstić information content (AvgIpc) is 3.07. The summed E-state index contributed by atoms with van der Waals surface area (Å²) in [6, 6.07) is -0.338. The van der Waals surface area contributed by atoms with Crippen LogP contribution < -0.4 is 5.32 Å². The fourth-order valence-electron chi connectivity index (χ4n) is 2.51. The lowest BCUT2D eigenvalue weighted by molar-refractivity contribution is -0.292. The second-order valence-electron chi connectivity index (χ2n) is 5.61.